The lowest BCUT2D eigenvalue weighted by Gasteiger charge is -2.39. The number of piperazine rings is 1. The smallest absolute Gasteiger partial charge is 0.0472 e. The first-order valence-corrected chi connectivity index (χ1v) is 8.17. The van der Waals surface area contributed by atoms with E-state index in [1.807, 2.05) is 11.8 Å². The van der Waals surface area contributed by atoms with E-state index in [9.17, 15) is 0 Å². The lowest BCUT2D eigenvalue weighted by atomic mass is 10.0. The molecule has 0 bridgehead atoms. The molecule has 1 heterocycles. The Labute approximate surface area is 115 Å². The summed E-state index contributed by atoms with van der Waals surface area (Å²) in [6, 6.07) is 11.5. The summed E-state index contributed by atoms with van der Waals surface area (Å²) in [5.74, 6) is 1.28. The van der Waals surface area contributed by atoms with Gasteiger partial charge in [0.25, 0.3) is 0 Å². The molecule has 1 atom stereocenters. The Morgan fingerprint density at radius 2 is 2.00 bits per heavy atom. The van der Waals surface area contributed by atoms with E-state index in [4.69, 9.17) is 0 Å². The predicted octanol–water partition coefficient (Wildman–Crippen LogP) is 2.73. The average molecular weight is 264 g/mol. The van der Waals surface area contributed by atoms with Crippen LogP contribution in [-0.2, 0) is 0 Å². The van der Waals surface area contributed by atoms with Gasteiger partial charge in [0, 0.05) is 25.7 Å². The number of rotatable bonds is 5. The molecule has 1 aliphatic rings. The summed E-state index contributed by atoms with van der Waals surface area (Å²) in [5.41, 5.74) is 1.45. The highest BCUT2D eigenvalue weighted by Gasteiger charge is 2.24. The topological polar surface area (TPSA) is 6.48 Å². The molecule has 0 spiro atoms. The third kappa shape index (κ3) is 3.74. The van der Waals surface area contributed by atoms with Gasteiger partial charge in [-0.1, -0.05) is 30.3 Å². The molecular weight excluding hydrogens is 240 g/mol. The number of hydrogen-bond donors (Lipinski definition) is 0. The summed E-state index contributed by atoms with van der Waals surface area (Å²) in [4.78, 5) is 5.11. The van der Waals surface area contributed by atoms with E-state index < -0.39 is 0 Å². The molecule has 0 aromatic heterocycles. The summed E-state index contributed by atoms with van der Waals surface area (Å²) >= 11 is 1.95. The Balaban J connectivity index is 1.93. The minimum absolute atomic E-state index is 0.564. The Morgan fingerprint density at radius 1 is 1.22 bits per heavy atom. The zero-order valence-electron chi connectivity index (χ0n) is 11.5. The third-order valence-corrected chi connectivity index (χ3v) is 4.44. The Kier molecular flexibility index (Phi) is 5.54. The molecular formula is C15H24N2S. The highest BCUT2D eigenvalue weighted by Crippen LogP contribution is 2.23. The van der Waals surface area contributed by atoms with E-state index in [0.29, 0.717) is 6.04 Å². The fraction of sp³-hybridized carbons (Fsp3) is 0.600. The second-order valence-corrected chi connectivity index (χ2v) is 6.04. The first-order valence-electron chi connectivity index (χ1n) is 6.77. The monoisotopic (exact) mass is 264 g/mol. The molecule has 0 saturated carbocycles. The first kappa shape index (κ1) is 13.9. The van der Waals surface area contributed by atoms with E-state index >= 15 is 0 Å². The lowest BCUT2D eigenvalue weighted by Crippen LogP contribution is -2.46. The van der Waals surface area contributed by atoms with Gasteiger partial charge in [-0.25, -0.2) is 0 Å². The zero-order valence-corrected chi connectivity index (χ0v) is 12.3. The van der Waals surface area contributed by atoms with Crippen LogP contribution in [0.3, 0.4) is 0 Å². The van der Waals surface area contributed by atoms with Gasteiger partial charge in [-0.05, 0) is 37.6 Å². The van der Waals surface area contributed by atoms with Crippen molar-refractivity contribution in [3.8, 4) is 0 Å². The van der Waals surface area contributed by atoms with Gasteiger partial charge in [-0.2, -0.15) is 11.8 Å². The van der Waals surface area contributed by atoms with Crippen LogP contribution in [0, 0.1) is 0 Å². The van der Waals surface area contributed by atoms with Crippen molar-refractivity contribution in [1.29, 1.82) is 0 Å². The van der Waals surface area contributed by atoms with Crippen LogP contribution in [0.25, 0.3) is 0 Å². The second kappa shape index (κ2) is 7.17. The highest BCUT2D eigenvalue weighted by atomic mass is 32.2. The summed E-state index contributed by atoms with van der Waals surface area (Å²) in [7, 11) is 2.25. The molecule has 18 heavy (non-hydrogen) atoms. The maximum atomic E-state index is 2.62. The van der Waals surface area contributed by atoms with Crippen molar-refractivity contribution in [2.24, 2.45) is 0 Å². The van der Waals surface area contributed by atoms with Crippen LogP contribution in [0.2, 0.25) is 0 Å². The fourth-order valence-corrected chi connectivity index (χ4v) is 3.02. The quantitative estimate of drug-likeness (QED) is 0.755. The number of hydrogen-bond acceptors (Lipinski definition) is 3. The van der Waals surface area contributed by atoms with Gasteiger partial charge in [-0.3, -0.25) is 4.90 Å². The molecule has 0 amide bonds. The maximum Gasteiger partial charge on any atom is 0.0472 e. The molecule has 3 heteroatoms. The van der Waals surface area contributed by atoms with Crippen molar-refractivity contribution in [1.82, 2.24) is 9.80 Å². The molecule has 2 nitrogen and oxygen atoms in total. The van der Waals surface area contributed by atoms with Crippen molar-refractivity contribution in [2.45, 2.75) is 12.5 Å². The van der Waals surface area contributed by atoms with E-state index in [1.165, 1.54) is 43.9 Å². The molecule has 100 valence electrons. The van der Waals surface area contributed by atoms with Crippen LogP contribution in [0.1, 0.15) is 18.0 Å². The molecule has 0 radical (unpaired) electrons. The van der Waals surface area contributed by atoms with E-state index in [0.717, 1.165) is 0 Å². The van der Waals surface area contributed by atoms with Gasteiger partial charge in [0.2, 0.25) is 0 Å². The summed E-state index contributed by atoms with van der Waals surface area (Å²) < 4.78 is 0. The lowest BCUT2D eigenvalue weighted by molar-refractivity contribution is 0.0959. The minimum Gasteiger partial charge on any atom is -0.300 e. The van der Waals surface area contributed by atoms with E-state index in [-0.39, 0.29) is 0 Å². The Bertz CT molecular complexity index is 342. The minimum atomic E-state index is 0.564. The van der Waals surface area contributed by atoms with Crippen LogP contribution >= 0.6 is 11.8 Å². The standard InChI is InChI=1S/C15H24N2S/c1-16-10-11-17(9-6-12-18-2)13-15(16)14-7-4-3-5-8-14/h3-5,7-8,15H,6,9-13H2,1-2H3. The number of benzene rings is 1. The van der Waals surface area contributed by atoms with Gasteiger partial charge in [0.1, 0.15) is 0 Å². The molecule has 1 aliphatic heterocycles. The van der Waals surface area contributed by atoms with E-state index in [1.54, 1.807) is 0 Å². The Morgan fingerprint density at radius 3 is 2.72 bits per heavy atom. The molecule has 1 aromatic carbocycles. The molecule has 1 unspecified atom stereocenters. The van der Waals surface area contributed by atoms with Crippen LogP contribution in [0.15, 0.2) is 30.3 Å². The normalized spacial score (nSPS) is 22.2. The van der Waals surface area contributed by atoms with Gasteiger partial charge in [0.15, 0.2) is 0 Å². The zero-order chi connectivity index (χ0) is 12.8. The van der Waals surface area contributed by atoms with Gasteiger partial charge >= 0.3 is 0 Å². The number of likely N-dealkylation sites (N-methyl/N-ethyl adjacent to an activating group) is 1. The molecule has 1 aromatic rings. The Hall–Kier alpha value is -0.510. The van der Waals surface area contributed by atoms with Crippen molar-refractivity contribution < 1.29 is 0 Å². The van der Waals surface area contributed by atoms with Gasteiger partial charge in [0.05, 0.1) is 0 Å². The molecule has 2 rings (SSSR count). The third-order valence-electron chi connectivity index (χ3n) is 3.74. The molecule has 1 fully saturated rings. The summed E-state index contributed by atoms with van der Waals surface area (Å²) in [6.45, 7) is 4.82. The van der Waals surface area contributed by atoms with E-state index in [2.05, 4.69) is 53.4 Å². The van der Waals surface area contributed by atoms with Crippen molar-refractivity contribution >= 4 is 11.8 Å². The predicted molar refractivity (Wildman–Crippen MR) is 81.3 cm³/mol. The maximum absolute atomic E-state index is 2.62. The largest absolute Gasteiger partial charge is 0.300 e. The van der Waals surface area contributed by atoms with Crippen molar-refractivity contribution in [2.75, 3.05) is 45.2 Å². The molecule has 1 saturated heterocycles. The van der Waals surface area contributed by atoms with Crippen molar-refractivity contribution in [3.63, 3.8) is 0 Å². The highest BCUT2D eigenvalue weighted by molar-refractivity contribution is 7.98. The average Bonchev–Trinajstić information content (AvgIpc) is 2.42. The second-order valence-electron chi connectivity index (χ2n) is 5.05. The van der Waals surface area contributed by atoms with Gasteiger partial charge in [-0.15, -0.1) is 0 Å². The summed E-state index contributed by atoms with van der Waals surface area (Å²) in [5, 5.41) is 0. The van der Waals surface area contributed by atoms with Crippen LogP contribution in [0.4, 0.5) is 0 Å². The molecule has 0 aliphatic carbocycles. The van der Waals surface area contributed by atoms with Gasteiger partial charge < -0.3 is 4.90 Å². The van der Waals surface area contributed by atoms with Crippen LogP contribution in [0.5, 0.6) is 0 Å². The first-order chi connectivity index (χ1) is 8.81. The van der Waals surface area contributed by atoms with Crippen molar-refractivity contribution in [3.05, 3.63) is 35.9 Å². The fourth-order valence-electron chi connectivity index (χ4n) is 2.60. The van der Waals surface area contributed by atoms with Crippen LogP contribution < -0.4 is 0 Å². The number of nitrogens with zero attached hydrogens (tertiary/aromatic N) is 2. The SMILES string of the molecule is CSCCCN1CCN(C)C(c2ccccc2)C1. The van der Waals surface area contributed by atoms with Crippen LogP contribution in [-0.4, -0.2) is 55.0 Å². The summed E-state index contributed by atoms with van der Waals surface area (Å²) in [6.07, 6.45) is 3.50. The number of thioether (sulfide) groups is 1. The molecule has 0 N–H and O–H groups in total.